The van der Waals surface area contributed by atoms with Gasteiger partial charge in [0.2, 0.25) is 0 Å². The number of rotatable bonds is 0. The van der Waals surface area contributed by atoms with Crippen molar-refractivity contribution >= 4 is 0 Å². The number of fused-ring (bicyclic) bond motifs is 1. The van der Waals surface area contributed by atoms with Crippen molar-refractivity contribution < 1.29 is 0 Å². The van der Waals surface area contributed by atoms with E-state index in [1.807, 2.05) is 0 Å². The first-order chi connectivity index (χ1) is 6.99. The number of likely N-dealkylation sites (tertiary alicyclic amines) is 1. The van der Waals surface area contributed by atoms with Crippen molar-refractivity contribution in [3.8, 4) is 0 Å². The molecule has 0 amide bonds. The first-order valence-electron chi connectivity index (χ1n) is 6.74. The van der Waals surface area contributed by atoms with Crippen LogP contribution in [0.1, 0.15) is 52.9 Å². The molecule has 0 bridgehead atoms. The Morgan fingerprint density at radius 3 is 2.00 bits per heavy atom. The van der Waals surface area contributed by atoms with Crippen molar-refractivity contribution in [3.05, 3.63) is 0 Å². The highest BCUT2D eigenvalue weighted by atomic mass is 15.2. The third-order valence-corrected chi connectivity index (χ3v) is 5.23. The highest BCUT2D eigenvalue weighted by molar-refractivity contribution is 5.05. The van der Waals surface area contributed by atoms with E-state index in [1.54, 1.807) is 19.3 Å². The van der Waals surface area contributed by atoms with E-state index in [0.29, 0.717) is 5.54 Å². The van der Waals surface area contributed by atoms with E-state index in [2.05, 4.69) is 25.7 Å². The van der Waals surface area contributed by atoms with Gasteiger partial charge in [-0.1, -0.05) is 0 Å². The van der Waals surface area contributed by atoms with E-state index in [0.717, 1.165) is 17.3 Å². The number of nitrogens with zero attached hydrogens (tertiary/aromatic N) is 1. The van der Waals surface area contributed by atoms with Gasteiger partial charge in [0.1, 0.15) is 0 Å². The molecule has 1 heteroatoms. The van der Waals surface area contributed by atoms with Crippen LogP contribution in [0.25, 0.3) is 0 Å². The van der Waals surface area contributed by atoms with E-state index in [4.69, 9.17) is 0 Å². The predicted molar refractivity (Wildman–Crippen MR) is 63.8 cm³/mol. The molecule has 3 aliphatic rings. The second-order valence-corrected chi connectivity index (χ2v) is 7.32. The van der Waals surface area contributed by atoms with Crippen molar-refractivity contribution in [2.45, 2.75) is 58.4 Å². The Morgan fingerprint density at radius 1 is 1.00 bits per heavy atom. The van der Waals surface area contributed by atoms with E-state index in [1.165, 1.54) is 25.9 Å². The standard InChI is InChI=1S/C14H25N/c1-13(2,3)15-6-4-14(5-7-15)9-11-8-12(11)10-14/h11-12H,4-10H2,1-3H3. The summed E-state index contributed by atoms with van der Waals surface area (Å²) < 4.78 is 0. The maximum absolute atomic E-state index is 2.68. The second kappa shape index (κ2) is 3.00. The first kappa shape index (κ1) is 10.1. The molecule has 2 unspecified atom stereocenters. The summed E-state index contributed by atoms with van der Waals surface area (Å²) in [5.74, 6) is 2.32. The molecule has 2 aliphatic carbocycles. The lowest BCUT2D eigenvalue weighted by molar-refractivity contribution is 0.0394. The maximum atomic E-state index is 2.68. The van der Waals surface area contributed by atoms with Crippen LogP contribution in [0, 0.1) is 17.3 Å². The van der Waals surface area contributed by atoms with Gasteiger partial charge in [0.25, 0.3) is 0 Å². The molecule has 0 aromatic heterocycles. The molecule has 0 aromatic carbocycles. The van der Waals surface area contributed by atoms with Crippen LogP contribution in [0.5, 0.6) is 0 Å². The molecule has 0 radical (unpaired) electrons. The Balaban J connectivity index is 1.61. The lowest BCUT2D eigenvalue weighted by Crippen LogP contribution is -2.48. The van der Waals surface area contributed by atoms with Crippen LogP contribution in [0.15, 0.2) is 0 Å². The second-order valence-electron chi connectivity index (χ2n) is 7.32. The van der Waals surface area contributed by atoms with Gasteiger partial charge in [-0.25, -0.2) is 0 Å². The fourth-order valence-corrected chi connectivity index (χ4v) is 4.07. The Hall–Kier alpha value is -0.0400. The Labute approximate surface area is 94.2 Å². The van der Waals surface area contributed by atoms with E-state index >= 15 is 0 Å². The van der Waals surface area contributed by atoms with Gasteiger partial charge in [-0.3, -0.25) is 4.90 Å². The van der Waals surface area contributed by atoms with Crippen molar-refractivity contribution in [2.75, 3.05) is 13.1 Å². The Bertz CT molecular complexity index is 243. The predicted octanol–water partition coefficient (Wildman–Crippen LogP) is 3.30. The van der Waals surface area contributed by atoms with Crippen LogP contribution in [0.4, 0.5) is 0 Å². The summed E-state index contributed by atoms with van der Waals surface area (Å²) in [7, 11) is 0. The van der Waals surface area contributed by atoms with E-state index in [9.17, 15) is 0 Å². The average Bonchev–Trinajstić information content (AvgIpc) is 2.74. The summed E-state index contributed by atoms with van der Waals surface area (Å²) in [5, 5.41) is 0. The highest BCUT2D eigenvalue weighted by Crippen LogP contribution is 2.63. The minimum atomic E-state index is 0.392. The molecule has 0 N–H and O–H groups in total. The average molecular weight is 207 g/mol. The fourth-order valence-electron chi connectivity index (χ4n) is 4.07. The summed E-state index contributed by atoms with van der Waals surface area (Å²) in [4.78, 5) is 2.68. The third kappa shape index (κ3) is 1.73. The first-order valence-corrected chi connectivity index (χ1v) is 6.74. The lowest BCUT2D eigenvalue weighted by Gasteiger charge is -2.46. The summed E-state index contributed by atoms with van der Waals surface area (Å²) in [6, 6.07) is 0. The number of hydrogen-bond donors (Lipinski definition) is 0. The van der Waals surface area contributed by atoms with Gasteiger partial charge in [0.05, 0.1) is 0 Å². The minimum Gasteiger partial charge on any atom is -0.298 e. The van der Waals surface area contributed by atoms with E-state index < -0.39 is 0 Å². The van der Waals surface area contributed by atoms with Gasteiger partial charge in [0, 0.05) is 5.54 Å². The van der Waals surface area contributed by atoms with Gasteiger partial charge >= 0.3 is 0 Å². The third-order valence-electron chi connectivity index (χ3n) is 5.23. The van der Waals surface area contributed by atoms with Crippen LogP contribution in [0.3, 0.4) is 0 Å². The SMILES string of the molecule is CC(C)(C)N1CCC2(CC1)CC1CC1C2. The summed E-state index contributed by atoms with van der Waals surface area (Å²) >= 11 is 0. The van der Waals surface area contributed by atoms with Crippen LogP contribution >= 0.6 is 0 Å². The topological polar surface area (TPSA) is 3.24 Å². The zero-order valence-corrected chi connectivity index (χ0v) is 10.6. The molecule has 2 saturated carbocycles. The zero-order valence-electron chi connectivity index (χ0n) is 10.6. The molecule has 86 valence electrons. The maximum Gasteiger partial charge on any atom is 0.0125 e. The number of piperidine rings is 1. The molecule has 15 heavy (non-hydrogen) atoms. The molecule has 1 nitrogen and oxygen atoms in total. The van der Waals surface area contributed by atoms with Gasteiger partial charge in [0.15, 0.2) is 0 Å². The van der Waals surface area contributed by atoms with Crippen molar-refractivity contribution in [3.63, 3.8) is 0 Å². The van der Waals surface area contributed by atoms with Crippen LogP contribution in [-0.2, 0) is 0 Å². The normalized spacial score (nSPS) is 39.4. The van der Waals surface area contributed by atoms with Gasteiger partial charge in [-0.2, -0.15) is 0 Å². The molecular formula is C14H25N. The van der Waals surface area contributed by atoms with Gasteiger partial charge < -0.3 is 0 Å². The van der Waals surface area contributed by atoms with Crippen LogP contribution in [0.2, 0.25) is 0 Å². The smallest absolute Gasteiger partial charge is 0.0125 e. The largest absolute Gasteiger partial charge is 0.298 e. The molecule has 1 spiro atoms. The zero-order chi connectivity index (χ0) is 10.7. The minimum absolute atomic E-state index is 0.392. The molecule has 1 aliphatic heterocycles. The van der Waals surface area contributed by atoms with Crippen LogP contribution < -0.4 is 0 Å². The molecule has 3 fully saturated rings. The van der Waals surface area contributed by atoms with Crippen molar-refractivity contribution in [2.24, 2.45) is 17.3 Å². The van der Waals surface area contributed by atoms with Gasteiger partial charge in [-0.15, -0.1) is 0 Å². The molecule has 0 aromatic rings. The van der Waals surface area contributed by atoms with Gasteiger partial charge in [-0.05, 0) is 83.2 Å². The molecule has 1 heterocycles. The number of hydrogen-bond acceptors (Lipinski definition) is 1. The van der Waals surface area contributed by atoms with Crippen molar-refractivity contribution in [1.82, 2.24) is 4.90 Å². The summed E-state index contributed by atoms with van der Waals surface area (Å²) in [5.41, 5.74) is 1.19. The monoisotopic (exact) mass is 207 g/mol. The summed E-state index contributed by atoms with van der Waals surface area (Å²) in [6.07, 6.45) is 7.70. The van der Waals surface area contributed by atoms with Crippen LogP contribution in [-0.4, -0.2) is 23.5 Å². The molecule has 1 saturated heterocycles. The molecule has 3 rings (SSSR count). The lowest BCUT2D eigenvalue weighted by atomic mass is 9.74. The van der Waals surface area contributed by atoms with Crippen molar-refractivity contribution in [1.29, 1.82) is 0 Å². The quantitative estimate of drug-likeness (QED) is 0.589. The molecular weight excluding hydrogens is 182 g/mol. The molecule has 2 atom stereocenters. The highest BCUT2D eigenvalue weighted by Gasteiger charge is 2.54. The Kier molecular flexibility index (Phi) is 2.03. The summed E-state index contributed by atoms with van der Waals surface area (Å²) in [6.45, 7) is 9.78. The fraction of sp³-hybridized carbons (Fsp3) is 1.00. The Morgan fingerprint density at radius 2 is 1.53 bits per heavy atom. The van der Waals surface area contributed by atoms with E-state index in [-0.39, 0.29) is 0 Å².